The summed E-state index contributed by atoms with van der Waals surface area (Å²) in [6.07, 6.45) is 4.35. The molecular weight excluding hydrogens is 319 g/mol. The molecule has 4 rings (SSSR count). The van der Waals surface area contributed by atoms with Gasteiger partial charge in [-0.2, -0.15) is 0 Å². The molecule has 3 aliphatic rings. The van der Waals surface area contributed by atoms with Gasteiger partial charge in [-0.25, -0.2) is 0 Å². The van der Waals surface area contributed by atoms with E-state index in [9.17, 15) is 4.79 Å². The predicted octanol–water partition coefficient (Wildman–Crippen LogP) is 3.45. The summed E-state index contributed by atoms with van der Waals surface area (Å²) in [5.74, 6) is 0.809. The number of rotatable bonds is 2. The Bertz CT molecular complexity index is 592. The van der Waals surface area contributed by atoms with Gasteiger partial charge in [-0.05, 0) is 55.8 Å². The van der Waals surface area contributed by atoms with E-state index >= 15 is 0 Å². The smallest absolute Gasteiger partial charge is 0.226 e. The molecule has 0 aromatic heterocycles. The number of fused-ring (bicyclic) bond motifs is 2. The first-order chi connectivity index (χ1) is 10.6. The van der Waals surface area contributed by atoms with E-state index < -0.39 is 0 Å². The van der Waals surface area contributed by atoms with E-state index in [-0.39, 0.29) is 5.92 Å². The van der Waals surface area contributed by atoms with Gasteiger partial charge in [0.05, 0.1) is 10.0 Å². The van der Waals surface area contributed by atoms with Crippen molar-refractivity contribution in [1.82, 2.24) is 10.2 Å². The van der Waals surface area contributed by atoms with Crippen molar-refractivity contribution < 1.29 is 4.79 Å². The summed E-state index contributed by atoms with van der Waals surface area (Å²) in [5, 5.41) is 4.61. The van der Waals surface area contributed by atoms with E-state index in [2.05, 4.69) is 10.2 Å². The molecule has 5 heteroatoms. The molecule has 2 heterocycles. The lowest BCUT2D eigenvalue weighted by Crippen LogP contribution is -2.43. The number of carbonyl (C=O) groups is 1. The monoisotopic (exact) mass is 338 g/mol. The third-order valence-electron chi connectivity index (χ3n) is 5.39. The highest BCUT2D eigenvalue weighted by Crippen LogP contribution is 2.50. The van der Waals surface area contributed by atoms with Gasteiger partial charge >= 0.3 is 0 Å². The molecule has 1 aromatic rings. The molecule has 2 aliphatic heterocycles. The molecule has 1 aliphatic carbocycles. The van der Waals surface area contributed by atoms with Gasteiger partial charge in [0.1, 0.15) is 0 Å². The average Bonchev–Trinajstić information content (AvgIpc) is 3.21. The molecule has 0 radical (unpaired) electrons. The van der Waals surface area contributed by atoms with Crippen LogP contribution in [-0.2, 0) is 4.79 Å². The summed E-state index contributed by atoms with van der Waals surface area (Å²) in [7, 11) is 0. The molecule has 4 atom stereocenters. The summed E-state index contributed by atoms with van der Waals surface area (Å²) in [5.41, 5.74) is 1.15. The number of amides is 1. The Kier molecular flexibility index (Phi) is 3.83. The molecule has 2 bridgehead atoms. The molecule has 1 aromatic carbocycles. The molecule has 22 heavy (non-hydrogen) atoms. The average molecular weight is 339 g/mol. The first kappa shape index (κ1) is 14.8. The fourth-order valence-electron chi connectivity index (χ4n) is 4.11. The van der Waals surface area contributed by atoms with Gasteiger partial charge in [0.25, 0.3) is 0 Å². The van der Waals surface area contributed by atoms with Crippen molar-refractivity contribution in [2.75, 3.05) is 13.1 Å². The van der Waals surface area contributed by atoms with Crippen LogP contribution in [-0.4, -0.2) is 36.0 Å². The maximum absolute atomic E-state index is 12.9. The van der Waals surface area contributed by atoms with Crippen LogP contribution in [0.3, 0.4) is 0 Å². The zero-order valence-corrected chi connectivity index (χ0v) is 13.9. The van der Waals surface area contributed by atoms with Crippen molar-refractivity contribution in [1.29, 1.82) is 0 Å². The van der Waals surface area contributed by atoms with Crippen molar-refractivity contribution in [2.45, 2.75) is 43.7 Å². The Hall–Kier alpha value is -0.770. The molecule has 2 saturated heterocycles. The number of benzene rings is 1. The van der Waals surface area contributed by atoms with Crippen LogP contribution in [0.25, 0.3) is 0 Å². The minimum Gasteiger partial charge on any atom is -0.335 e. The SMILES string of the molecule is O=C(C1CC1c1ccc(Cl)c(Cl)c1)N1C2CCNCC1CC2. The van der Waals surface area contributed by atoms with Crippen molar-refractivity contribution in [2.24, 2.45) is 5.92 Å². The zero-order valence-electron chi connectivity index (χ0n) is 12.4. The van der Waals surface area contributed by atoms with Crippen LogP contribution in [0.5, 0.6) is 0 Å². The second kappa shape index (κ2) is 5.70. The second-order valence-corrected chi connectivity index (χ2v) is 7.56. The van der Waals surface area contributed by atoms with Gasteiger partial charge in [0.2, 0.25) is 5.91 Å². The van der Waals surface area contributed by atoms with Gasteiger partial charge in [0, 0.05) is 24.5 Å². The van der Waals surface area contributed by atoms with Gasteiger partial charge in [0.15, 0.2) is 0 Å². The number of nitrogens with zero attached hydrogens (tertiary/aromatic N) is 1. The highest BCUT2D eigenvalue weighted by atomic mass is 35.5. The van der Waals surface area contributed by atoms with Crippen molar-refractivity contribution in [3.8, 4) is 0 Å². The Labute approximate surface area is 141 Å². The van der Waals surface area contributed by atoms with Crippen LogP contribution in [0.15, 0.2) is 18.2 Å². The number of hydrogen-bond donors (Lipinski definition) is 1. The van der Waals surface area contributed by atoms with Gasteiger partial charge in [-0.15, -0.1) is 0 Å². The van der Waals surface area contributed by atoms with Crippen LogP contribution in [0, 0.1) is 5.92 Å². The van der Waals surface area contributed by atoms with E-state index in [1.807, 2.05) is 18.2 Å². The van der Waals surface area contributed by atoms with Crippen LogP contribution in [0.1, 0.15) is 37.2 Å². The Balaban J connectivity index is 1.49. The normalized spacial score (nSPS) is 33.6. The minimum atomic E-state index is 0.137. The summed E-state index contributed by atoms with van der Waals surface area (Å²) in [6.45, 7) is 1.98. The maximum Gasteiger partial charge on any atom is 0.226 e. The van der Waals surface area contributed by atoms with Gasteiger partial charge in [-0.3, -0.25) is 4.79 Å². The predicted molar refractivity (Wildman–Crippen MR) is 88.5 cm³/mol. The molecule has 118 valence electrons. The van der Waals surface area contributed by atoms with Gasteiger partial charge < -0.3 is 10.2 Å². The third-order valence-corrected chi connectivity index (χ3v) is 6.13. The Morgan fingerprint density at radius 1 is 1.14 bits per heavy atom. The first-order valence-electron chi connectivity index (χ1n) is 8.13. The topological polar surface area (TPSA) is 32.3 Å². The van der Waals surface area contributed by atoms with Crippen LogP contribution >= 0.6 is 23.2 Å². The lowest BCUT2D eigenvalue weighted by atomic mass is 10.1. The highest BCUT2D eigenvalue weighted by Gasteiger charge is 2.50. The summed E-state index contributed by atoms with van der Waals surface area (Å²) >= 11 is 12.1. The number of nitrogens with one attached hydrogen (secondary N) is 1. The first-order valence-corrected chi connectivity index (χ1v) is 8.88. The third kappa shape index (κ3) is 2.53. The van der Waals surface area contributed by atoms with Gasteiger partial charge in [-0.1, -0.05) is 29.3 Å². The lowest BCUT2D eigenvalue weighted by Gasteiger charge is -2.28. The van der Waals surface area contributed by atoms with E-state index in [0.717, 1.165) is 37.9 Å². The molecule has 1 saturated carbocycles. The quantitative estimate of drug-likeness (QED) is 0.895. The fraction of sp³-hybridized carbons (Fsp3) is 0.588. The highest BCUT2D eigenvalue weighted by molar-refractivity contribution is 6.42. The number of halogens is 2. The molecule has 1 N–H and O–H groups in total. The summed E-state index contributed by atoms with van der Waals surface area (Å²) < 4.78 is 0. The molecule has 3 nitrogen and oxygen atoms in total. The number of carbonyl (C=O) groups excluding carboxylic acids is 1. The Morgan fingerprint density at radius 2 is 1.95 bits per heavy atom. The van der Waals surface area contributed by atoms with E-state index in [4.69, 9.17) is 23.2 Å². The van der Waals surface area contributed by atoms with Crippen molar-refractivity contribution in [3.63, 3.8) is 0 Å². The molecule has 1 amide bonds. The van der Waals surface area contributed by atoms with Crippen molar-refractivity contribution >= 4 is 29.1 Å². The molecule has 0 spiro atoms. The maximum atomic E-state index is 12.9. The number of hydrogen-bond acceptors (Lipinski definition) is 2. The van der Waals surface area contributed by atoms with E-state index in [0.29, 0.717) is 34.0 Å². The lowest BCUT2D eigenvalue weighted by molar-refractivity contribution is -0.135. The fourth-order valence-corrected chi connectivity index (χ4v) is 4.42. The van der Waals surface area contributed by atoms with E-state index in [1.54, 1.807) is 0 Å². The molecule has 3 fully saturated rings. The van der Waals surface area contributed by atoms with Crippen molar-refractivity contribution in [3.05, 3.63) is 33.8 Å². The Morgan fingerprint density at radius 3 is 2.77 bits per heavy atom. The standard InChI is InChI=1S/C17H20Cl2N2O/c18-15-4-1-10(7-16(15)19)13-8-14(13)17(22)21-11-2-3-12(21)9-20-6-5-11/h1,4,7,11-14,20H,2-3,5-6,8-9H2. The molecule has 4 unspecified atom stereocenters. The van der Waals surface area contributed by atoms with Crippen LogP contribution in [0.4, 0.5) is 0 Å². The second-order valence-electron chi connectivity index (χ2n) is 6.75. The minimum absolute atomic E-state index is 0.137. The molecular formula is C17H20Cl2N2O. The summed E-state index contributed by atoms with van der Waals surface area (Å²) in [4.78, 5) is 15.1. The van der Waals surface area contributed by atoms with Crippen LogP contribution < -0.4 is 5.32 Å². The van der Waals surface area contributed by atoms with E-state index in [1.165, 1.54) is 6.42 Å². The largest absolute Gasteiger partial charge is 0.335 e. The summed E-state index contributed by atoms with van der Waals surface area (Å²) in [6, 6.07) is 6.60. The van der Waals surface area contributed by atoms with Crippen LogP contribution in [0.2, 0.25) is 10.0 Å². The zero-order chi connectivity index (χ0) is 15.3.